The van der Waals surface area contributed by atoms with Crippen LogP contribution in [0.25, 0.3) is 22.3 Å². The highest BCUT2D eigenvalue weighted by Gasteiger charge is 2.35. The molecule has 4 rings (SSSR count). The lowest BCUT2D eigenvalue weighted by Crippen LogP contribution is -2.14. The van der Waals surface area contributed by atoms with Crippen LogP contribution in [0.1, 0.15) is 49.9 Å². The number of hydrogen-bond donors (Lipinski definition) is 0. The monoisotopic (exact) mass is 328 g/mol. The molecule has 1 aliphatic carbocycles. The number of rotatable bonds is 1. The molecule has 0 fully saturated rings. The van der Waals surface area contributed by atoms with E-state index in [4.69, 9.17) is 0 Å². The van der Waals surface area contributed by atoms with E-state index in [2.05, 4.69) is 88.4 Å². The smallest absolute Gasteiger partial charge is 0.0159 e. The number of benzene rings is 3. The molecule has 0 saturated carbocycles. The Balaban J connectivity index is 0.000000880. The molecule has 0 aromatic heterocycles. The number of hydrogen-bond acceptors (Lipinski definition) is 0. The maximum absolute atomic E-state index is 2.40. The van der Waals surface area contributed by atoms with Gasteiger partial charge in [-0.15, -0.1) is 0 Å². The largest absolute Gasteiger partial charge is 0.0683 e. The summed E-state index contributed by atoms with van der Waals surface area (Å²) in [5, 5.41) is 0. The SMILES string of the molecule is CC.Cc1cccc(-c2ccc3c(c2)C(C)(C)c2ccccc2-3)c1C. The fourth-order valence-electron chi connectivity index (χ4n) is 3.94. The fourth-order valence-corrected chi connectivity index (χ4v) is 3.94. The van der Waals surface area contributed by atoms with E-state index in [9.17, 15) is 0 Å². The van der Waals surface area contributed by atoms with E-state index in [1.54, 1.807) is 0 Å². The van der Waals surface area contributed by atoms with Crippen molar-refractivity contribution < 1.29 is 0 Å². The summed E-state index contributed by atoms with van der Waals surface area (Å²) in [7, 11) is 0. The van der Waals surface area contributed by atoms with Gasteiger partial charge in [0.25, 0.3) is 0 Å². The Labute approximate surface area is 152 Å². The summed E-state index contributed by atoms with van der Waals surface area (Å²) in [6.07, 6.45) is 0. The minimum absolute atomic E-state index is 0.0691. The van der Waals surface area contributed by atoms with Crippen molar-refractivity contribution in [3.8, 4) is 22.3 Å². The molecule has 0 unspecified atom stereocenters. The van der Waals surface area contributed by atoms with Crippen LogP contribution >= 0.6 is 0 Å². The van der Waals surface area contributed by atoms with Crippen LogP contribution in [0.3, 0.4) is 0 Å². The molecule has 0 bridgehead atoms. The molecule has 0 heterocycles. The van der Waals surface area contributed by atoms with E-state index in [0.717, 1.165) is 0 Å². The van der Waals surface area contributed by atoms with Crippen LogP contribution in [0, 0.1) is 13.8 Å². The van der Waals surface area contributed by atoms with Gasteiger partial charge in [-0.1, -0.05) is 82.3 Å². The molecule has 0 spiro atoms. The molecule has 0 nitrogen and oxygen atoms in total. The number of fused-ring (bicyclic) bond motifs is 3. The zero-order valence-corrected chi connectivity index (χ0v) is 16.3. The summed E-state index contributed by atoms with van der Waals surface area (Å²) < 4.78 is 0. The normalized spacial score (nSPS) is 13.5. The average molecular weight is 328 g/mol. The summed E-state index contributed by atoms with van der Waals surface area (Å²) in [5.74, 6) is 0. The highest BCUT2D eigenvalue weighted by atomic mass is 14.4. The minimum atomic E-state index is 0.0691. The van der Waals surface area contributed by atoms with Crippen molar-refractivity contribution >= 4 is 0 Å². The highest BCUT2D eigenvalue weighted by Crippen LogP contribution is 2.49. The molecule has 128 valence electrons. The van der Waals surface area contributed by atoms with E-state index in [-0.39, 0.29) is 5.41 Å². The Morgan fingerprint density at radius 2 is 1.28 bits per heavy atom. The molecule has 1 aliphatic rings. The maximum atomic E-state index is 2.40. The van der Waals surface area contributed by atoms with Crippen molar-refractivity contribution in [1.29, 1.82) is 0 Å². The molecular weight excluding hydrogens is 300 g/mol. The van der Waals surface area contributed by atoms with Crippen LogP contribution in [0.5, 0.6) is 0 Å². The Bertz CT molecular complexity index is 913. The molecule has 3 aromatic carbocycles. The molecule has 0 radical (unpaired) electrons. The first-order chi connectivity index (χ1) is 12.0. The molecule has 0 amide bonds. The lowest BCUT2D eigenvalue weighted by molar-refractivity contribution is 0.660. The first kappa shape index (κ1) is 17.5. The third-order valence-electron chi connectivity index (χ3n) is 5.50. The quantitative estimate of drug-likeness (QED) is 0.439. The fraction of sp³-hybridized carbons (Fsp3) is 0.280. The third-order valence-corrected chi connectivity index (χ3v) is 5.50. The van der Waals surface area contributed by atoms with E-state index < -0.39 is 0 Å². The molecule has 0 atom stereocenters. The molecule has 0 heteroatoms. The Morgan fingerprint density at radius 1 is 0.640 bits per heavy atom. The summed E-state index contributed by atoms with van der Waals surface area (Å²) in [4.78, 5) is 0. The lowest BCUT2D eigenvalue weighted by Gasteiger charge is -2.22. The van der Waals surface area contributed by atoms with Gasteiger partial charge in [0.15, 0.2) is 0 Å². The van der Waals surface area contributed by atoms with Crippen molar-refractivity contribution in [2.45, 2.75) is 47.0 Å². The van der Waals surface area contributed by atoms with E-state index >= 15 is 0 Å². The summed E-state index contributed by atoms with van der Waals surface area (Å²) in [5.41, 5.74) is 11.1. The number of aryl methyl sites for hydroxylation is 1. The molecule has 25 heavy (non-hydrogen) atoms. The lowest BCUT2D eigenvalue weighted by atomic mass is 9.81. The molecule has 3 aromatic rings. The summed E-state index contributed by atoms with van der Waals surface area (Å²) >= 11 is 0. The summed E-state index contributed by atoms with van der Waals surface area (Å²) in [6.45, 7) is 13.1. The Kier molecular flexibility index (Phi) is 4.56. The summed E-state index contributed by atoms with van der Waals surface area (Å²) in [6, 6.07) is 22.4. The third kappa shape index (κ3) is 2.70. The van der Waals surface area contributed by atoms with Gasteiger partial charge >= 0.3 is 0 Å². The predicted octanol–water partition coefficient (Wildman–Crippen LogP) is 7.30. The van der Waals surface area contributed by atoms with Crippen LogP contribution in [-0.4, -0.2) is 0 Å². The van der Waals surface area contributed by atoms with Crippen molar-refractivity contribution in [3.63, 3.8) is 0 Å². The van der Waals surface area contributed by atoms with Crippen LogP contribution in [0.15, 0.2) is 60.7 Å². The van der Waals surface area contributed by atoms with Gasteiger partial charge in [-0.05, 0) is 64.4 Å². The van der Waals surface area contributed by atoms with Crippen molar-refractivity contribution in [2.75, 3.05) is 0 Å². The standard InChI is InChI=1S/C23H22.C2H6/c1-15-8-7-10-18(16(15)2)17-12-13-20-19-9-5-6-11-21(19)23(3,4)22(20)14-17;1-2/h5-14H,1-4H3;1-2H3. The highest BCUT2D eigenvalue weighted by molar-refractivity contribution is 5.84. The van der Waals surface area contributed by atoms with Crippen molar-refractivity contribution in [1.82, 2.24) is 0 Å². The van der Waals surface area contributed by atoms with Gasteiger partial charge in [0.1, 0.15) is 0 Å². The first-order valence-corrected chi connectivity index (χ1v) is 9.31. The zero-order valence-electron chi connectivity index (χ0n) is 16.3. The Morgan fingerprint density at radius 3 is 2.04 bits per heavy atom. The zero-order chi connectivity index (χ0) is 18.2. The maximum Gasteiger partial charge on any atom is 0.0159 e. The Hall–Kier alpha value is -2.34. The van der Waals surface area contributed by atoms with Crippen LogP contribution in [0.2, 0.25) is 0 Å². The second-order valence-corrected chi connectivity index (χ2v) is 7.18. The van der Waals surface area contributed by atoms with Crippen molar-refractivity contribution in [3.05, 3.63) is 82.9 Å². The predicted molar refractivity (Wildman–Crippen MR) is 110 cm³/mol. The van der Waals surface area contributed by atoms with Gasteiger partial charge in [-0.25, -0.2) is 0 Å². The molecular formula is C25H28. The van der Waals surface area contributed by atoms with E-state index in [0.29, 0.717) is 0 Å². The van der Waals surface area contributed by atoms with E-state index in [1.807, 2.05) is 13.8 Å². The van der Waals surface area contributed by atoms with Gasteiger partial charge in [0.2, 0.25) is 0 Å². The first-order valence-electron chi connectivity index (χ1n) is 9.31. The topological polar surface area (TPSA) is 0 Å². The molecule has 0 N–H and O–H groups in total. The van der Waals surface area contributed by atoms with Gasteiger partial charge in [-0.3, -0.25) is 0 Å². The van der Waals surface area contributed by atoms with Gasteiger partial charge < -0.3 is 0 Å². The minimum Gasteiger partial charge on any atom is -0.0683 e. The van der Waals surface area contributed by atoms with Crippen molar-refractivity contribution in [2.24, 2.45) is 0 Å². The van der Waals surface area contributed by atoms with Crippen LogP contribution in [0.4, 0.5) is 0 Å². The van der Waals surface area contributed by atoms with Gasteiger partial charge in [0.05, 0.1) is 0 Å². The van der Waals surface area contributed by atoms with Crippen LogP contribution in [-0.2, 0) is 5.41 Å². The second kappa shape index (κ2) is 6.52. The molecule has 0 aliphatic heterocycles. The van der Waals surface area contributed by atoms with Gasteiger partial charge in [0, 0.05) is 5.41 Å². The van der Waals surface area contributed by atoms with Gasteiger partial charge in [-0.2, -0.15) is 0 Å². The van der Waals surface area contributed by atoms with Crippen LogP contribution < -0.4 is 0 Å². The average Bonchev–Trinajstić information content (AvgIpc) is 2.87. The van der Waals surface area contributed by atoms with E-state index in [1.165, 1.54) is 44.5 Å². The second-order valence-electron chi connectivity index (χ2n) is 7.18. The molecule has 0 saturated heterocycles.